The van der Waals surface area contributed by atoms with Crippen LogP contribution in [0.4, 0.5) is 0 Å². The molecule has 0 saturated carbocycles. The number of aromatic nitrogens is 3. The number of hydrogen-bond acceptors (Lipinski definition) is 6. The Balaban J connectivity index is 1.20. The number of amides is 1. The van der Waals surface area contributed by atoms with Gasteiger partial charge in [0.05, 0.1) is 6.54 Å². The van der Waals surface area contributed by atoms with Crippen molar-refractivity contribution in [2.75, 3.05) is 19.7 Å². The van der Waals surface area contributed by atoms with E-state index in [4.69, 9.17) is 14.0 Å². The molecule has 4 heterocycles. The molecule has 1 unspecified atom stereocenters. The van der Waals surface area contributed by atoms with E-state index >= 15 is 0 Å². The van der Waals surface area contributed by atoms with Gasteiger partial charge >= 0.3 is 0 Å². The van der Waals surface area contributed by atoms with Gasteiger partial charge in [0.15, 0.2) is 12.1 Å². The predicted molar refractivity (Wildman–Crippen MR) is 138 cm³/mol. The van der Waals surface area contributed by atoms with Crippen LogP contribution in [0.15, 0.2) is 58.9 Å². The number of carbonyl (C=O) groups is 1. The fourth-order valence-electron chi connectivity index (χ4n) is 4.56. The van der Waals surface area contributed by atoms with Crippen LogP contribution in [0.25, 0.3) is 11.3 Å². The summed E-state index contributed by atoms with van der Waals surface area (Å²) in [5.74, 6) is 8.10. The first-order chi connectivity index (χ1) is 18.0. The first kappa shape index (κ1) is 25.0. The minimum absolute atomic E-state index is 0.105. The molecule has 0 aliphatic carbocycles. The van der Waals surface area contributed by atoms with Gasteiger partial charge in [-0.15, -0.1) is 0 Å². The topological polar surface area (TPSA) is 82.6 Å². The van der Waals surface area contributed by atoms with E-state index in [1.165, 1.54) is 0 Å². The predicted octanol–water partition coefficient (Wildman–Crippen LogP) is 4.72. The fourth-order valence-corrected chi connectivity index (χ4v) is 4.56. The maximum absolute atomic E-state index is 11.5. The minimum atomic E-state index is -0.185. The molecule has 2 aromatic heterocycles. The van der Waals surface area contributed by atoms with Crippen LogP contribution in [-0.4, -0.2) is 51.5 Å². The monoisotopic (exact) mass is 500 g/mol. The van der Waals surface area contributed by atoms with Crippen LogP contribution in [0.1, 0.15) is 62.7 Å². The summed E-state index contributed by atoms with van der Waals surface area (Å²) in [6.45, 7) is 6.25. The Morgan fingerprint density at radius 2 is 2.11 bits per heavy atom. The number of imidazole rings is 1. The average Bonchev–Trinajstić information content (AvgIpc) is 3.59. The van der Waals surface area contributed by atoms with E-state index in [9.17, 15) is 4.79 Å². The molecule has 0 spiro atoms. The Morgan fingerprint density at radius 3 is 2.84 bits per heavy atom. The summed E-state index contributed by atoms with van der Waals surface area (Å²) < 4.78 is 19.5. The van der Waals surface area contributed by atoms with Crippen molar-refractivity contribution in [3.05, 3.63) is 71.5 Å². The molecule has 37 heavy (non-hydrogen) atoms. The Hall–Kier alpha value is -3.67. The molecule has 8 nitrogen and oxygen atoms in total. The number of benzene rings is 1. The van der Waals surface area contributed by atoms with E-state index in [0.29, 0.717) is 18.8 Å². The van der Waals surface area contributed by atoms with Crippen molar-refractivity contribution in [2.45, 2.75) is 58.5 Å². The van der Waals surface area contributed by atoms with E-state index in [2.05, 4.69) is 22.0 Å². The standard InChI is InChI=1S/C29H32N4O4/c1-21(36-28-5-3-4-18-35-28)29-30-14-17-33(29)20-26-19-27(37-31-26)25-10-8-23(9-11-25)6-7-24-12-15-32(16-13-24)22(2)34/h8-12,14,17,19,21,28H,3-5,13,15-16,18,20H2,1-2H3/t21-,28?/m0/s1. The average molecular weight is 501 g/mol. The minimum Gasteiger partial charge on any atom is -0.356 e. The molecule has 3 aromatic rings. The van der Waals surface area contributed by atoms with Gasteiger partial charge in [-0.25, -0.2) is 4.98 Å². The molecular weight excluding hydrogens is 468 g/mol. The van der Waals surface area contributed by atoms with Gasteiger partial charge in [0, 0.05) is 61.8 Å². The van der Waals surface area contributed by atoms with Gasteiger partial charge in [-0.2, -0.15) is 0 Å². The second-order valence-corrected chi connectivity index (χ2v) is 9.44. The summed E-state index contributed by atoms with van der Waals surface area (Å²) in [7, 11) is 0. The maximum Gasteiger partial charge on any atom is 0.219 e. The summed E-state index contributed by atoms with van der Waals surface area (Å²) in [4.78, 5) is 17.8. The molecule has 192 valence electrons. The van der Waals surface area contributed by atoms with Gasteiger partial charge in [0.25, 0.3) is 0 Å². The SMILES string of the molecule is CC(=O)N1CC=C(C#Cc2ccc(-c3cc(Cn4ccnc4[C@H](C)OC4CCCCO4)no3)cc2)CC1. The van der Waals surface area contributed by atoms with Crippen LogP contribution in [0, 0.1) is 11.8 Å². The largest absolute Gasteiger partial charge is 0.356 e. The van der Waals surface area contributed by atoms with Gasteiger partial charge < -0.3 is 23.5 Å². The number of hydrogen-bond donors (Lipinski definition) is 0. The molecule has 8 heteroatoms. The Morgan fingerprint density at radius 1 is 1.24 bits per heavy atom. The Labute approximate surface area is 217 Å². The van der Waals surface area contributed by atoms with Crippen molar-refractivity contribution in [1.29, 1.82) is 0 Å². The van der Waals surface area contributed by atoms with Crippen LogP contribution >= 0.6 is 0 Å². The molecule has 1 amide bonds. The van der Waals surface area contributed by atoms with E-state index in [0.717, 1.165) is 67.1 Å². The quantitative estimate of drug-likeness (QED) is 0.456. The van der Waals surface area contributed by atoms with Crippen LogP contribution < -0.4 is 0 Å². The van der Waals surface area contributed by atoms with Gasteiger partial charge in [0.2, 0.25) is 5.91 Å². The summed E-state index contributed by atoms with van der Waals surface area (Å²) in [5.41, 5.74) is 3.75. The van der Waals surface area contributed by atoms with E-state index in [-0.39, 0.29) is 18.3 Å². The molecule has 2 aliphatic rings. The van der Waals surface area contributed by atoms with Gasteiger partial charge in [-0.3, -0.25) is 4.79 Å². The lowest BCUT2D eigenvalue weighted by molar-refractivity contribution is -0.188. The van der Waals surface area contributed by atoms with Crippen molar-refractivity contribution >= 4 is 5.91 Å². The lowest BCUT2D eigenvalue weighted by atomic mass is 10.1. The van der Waals surface area contributed by atoms with Crippen molar-refractivity contribution in [3.8, 4) is 23.2 Å². The van der Waals surface area contributed by atoms with Gasteiger partial charge in [0.1, 0.15) is 17.6 Å². The number of carbonyl (C=O) groups excluding carboxylic acids is 1. The summed E-state index contributed by atoms with van der Waals surface area (Å²) in [6.07, 6.45) is 9.31. The number of ether oxygens (including phenoxy) is 2. The maximum atomic E-state index is 11.5. The molecule has 2 aliphatic heterocycles. The highest BCUT2D eigenvalue weighted by molar-refractivity contribution is 5.73. The third-order valence-electron chi connectivity index (χ3n) is 6.69. The molecule has 2 atom stereocenters. The second-order valence-electron chi connectivity index (χ2n) is 9.44. The van der Waals surface area contributed by atoms with E-state index in [1.807, 2.05) is 59.0 Å². The number of rotatable bonds is 6. The van der Waals surface area contributed by atoms with Crippen LogP contribution in [0.3, 0.4) is 0 Å². The normalized spacial score (nSPS) is 18.6. The first-order valence-electron chi connectivity index (χ1n) is 12.9. The van der Waals surface area contributed by atoms with Crippen LogP contribution in [0.5, 0.6) is 0 Å². The zero-order chi connectivity index (χ0) is 25.6. The lowest BCUT2D eigenvalue weighted by Crippen LogP contribution is -2.32. The first-order valence-corrected chi connectivity index (χ1v) is 12.9. The third-order valence-corrected chi connectivity index (χ3v) is 6.69. The molecule has 0 radical (unpaired) electrons. The zero-order valence-electron chi connectivity index (χ0n) is 21.4. The smallest absolute Gasteiger partial charge is 0.219 e. The van der Waals surface area contributed by atoms with Crippen LogP contribution in [-0.2, 0) is 20.8 Å². The summed E-state index contributed by atoms with van der Waals surface area (Å²) >= 11 is 0. The van der Waals surface area contributed by atoms with Gasteiger partial charge in [-0.05, 0) is 56.9 Å². The lowest BCUT2D eigenvalue weighted by Gasteiger charge is -2.26. The second kappa shape index (κ2) is 11.6. The van der Waals surface area contributed by atoms with E-state index < -0.39 is 0 Å². The van der Waals surface area contributed by atoms with E-state index in [1.54, 1.807) is 13.1 Å². The third kappa shape index (κ3) is 6.37. The molecule has 1 aromatic carbocycles. The Bertz CT molecular complexity index is 1310. The zero-order valence-corrected chi connectivity index (χ0v) is 21.4. The van der Waals surface area contributed by atoms with Crippen molar-refractivity contribution < 1.29 is 18.8 Å². The molecular formula is C29H32N4O4. The fraction of sp³-hybridized carbons (Fsp3) is 0.414. The number of nitrogens with zero attached hydrogens (tertiary/aromatic N) is 4. The molecule has 5 rings (SSSR count). The molecule has 1 fully saturated rings. The van der Waals surface area contributed by atoms with Crippen molar-refractivity contribution in [1.82, 2.24) is 19.6 Å². The molecule has 0 N–H and O–H groups in total. The summed E-state index contributed by atoms with van der Waals surface area (Å²) in [6, 6.07) is 9.90. The molecule has 1 saturated heterocycles. The van der Waals surface area contributed by atoms with Gasteiger partial charge in [-0.1, -0.05) is 23.1 Å². The Kier molecular flexibility index (Phi) is 7.83. The highest BCUT2D eigenvalue weighted by Gasteiger charge is 2.21. The van der Waals surface area contributed by atoms with Crippen molar-refractivity contribution in [2.24, 2.45) is 0 Å². The van der Waals surface area contributed by atoms with Crippen molar-refractivity contribution in [3.63, 3.8) is 0 Å². The highest BCUT2D eigenvalue weighted by atomic mass is 16.7. The highest BCUT2D eigenvalue weighted by Crippen LogP contribution is 2.25. The van der Waals surface area contributed by atoms with Crippen LogP contribution in [0.2, 0.25) is 0 Å². The molecule has 0 bridgehead atoms. The summed E-state index contributed by atoms with van der Waals surface area (Å²) in [5, 5.41) is 4.27.